The van der Waals surface area contributed by atoms with Crippen molar-refractivity contribution in [3.8, 4) is 12.3 Å². The summed E-state index contributed by atoms with van der Waals surface area (Å²) < 4.78 is 0. The first-order valence-electron chi connectivity index (χ1n) is 6.32. The van der Waals surface area contributed by atoms with Crippen molar-refractivity contribution in [1.82, 2.24) is 10.2 Å². The summed E-state index contributed by atoms with van der Waals surface area (Å²) in [5.41, 5.74) is 0. The zero-order valence-electron chi connectivity index (χ0n) is 10.7. The van der Waals surface area contributed by atoms with Gasteiger partial charge in [-0.2, -0.15) is 0 Å². The summed E-state index contributed by atoms with van der Waals surface area (Å²) in [6, 6.07) is -0.523. The van der Waals surface area contributed by atoms with Gasteiger partial charge in [-0.1, -0.05) is 19.3 Å². The first kappa shape index (κ1) is 14.4. The van der Waals surface area contributed by atoms with Gasteiger partial charge in [0.2, 0.25) is 0 Å². The first-order chi connectivity index (χ1) is 8.58. The van der Waals surface area contributed by atoms with Crippen molar-refractivity contribution in [3.63, 3.8) is 0 Å². The highest BCUT2D eigenvalue weighted by Crippen LogP contribution is 2.16. The molecule has 5 heteroatoms. The topological polar surface area (TPSA) is 69.6 Å². The Kier molecular flexibility index (Phi) is 5.50. The average Bonchev–Trinajstić information content (AvgIpc) is 2.38. The van der Waals surface area contributed by atoms with Crippen molar-refractivity contribution >= 4 is 12.0 Å². The molecule has 1 rings (SSSR count). The summed E-state index contributed by atoms with van der Waals surface area (Å²) in [6.45, 7) is 2.86. The highest BCUT2D eigenvalue weighted by Gasteiger charge is 2.28. The molecule has 0 aliphatic carbocycles. The highest BCUT2D eigenvalue weighted by molar-refractivity contribution is 5.77. The molecule has 1 heterocycles. The lowest BCUT2D eigenvalue weighted by Crippen LogP contribution is -2.49. The SMILES string of the molecule is C#CC(CCC)NC(=O)N1CCC[C@@H](C(=O)O)C1. The first-order valence-corrected chi connectivity index (χ1v) is 6.32. The zero-order chi connectivity index (χ0) is 13.5. The molecule has 1 saturated heterocycles. The van der Waals surface area contributed by atoms with E-state index >= 15 is 0 Å². The predicted molar refractivity (Wildman–Crippen MR) is 68.0 cm³/mol. The molecule has 100 valence electrons. The molecule has 0 radical (unpaired) electrons. The number of amides is 2. The summed E-state index contributed by atoms with van der Waals surface area (Å²) >= 11 is 0. The van der Waals surface area contributed by atoms with E-state index in [1.807, 2.05) is 6.92 Å². The van der Waals surface area contributed by atoms with Crippen LogP contribution in [-0.2, 0) is 4.79 Å². The third kappa shape index (κ3) is 3.95. The Morgan fingerprint density at radius 1 is 1.61 bits per heavy atom. The molecule has 0 saturated carbocycles. The lowest BCUT2D eigenvalue weighted by atomic mass is 9.99. The fraction of sp³-hybridized carbons (Fsp3) is 0.692. The Balaban J connectivity index is 2.51. The third-order valence-corrected chi connectivity index (χ3v) is 3.13. The van der Waals surface area contributed by atoms with Gasteiger partial charge in [-0.15, -0.1) is 6.42 Å². The number of likely N-dealkylation sites (tertiary alicyclic amines) is 1. The molecular weight excluding hydrogens is 232 g/mol. The van der Waals surface area contributed by atoms with Crippen molar-refractivity contribution in [1.29, 1.82) is 0 Å². The molecule has 0 aromatic heterocycles. The van der Waals surface area contributed by atoms with Crippen LogP contribution in [0, 0.1) is 18.3 Å². The van der Waals surface area contributed by atoms with E-state index in [1.165, 1.54) is 0 Å². The Labute approximate surface area is 108 Å². The summed E-state index contributed by atoms with van der Waals surface area (Å²) in [7, 11) is 0. The molecule has 0 aromatic carbocycles. The Hall–Kier alpha value is -1.70. The molecule has 1 unspecified atom stereocenters. The summed E-state index contributed by atoms with van der Waals surface area (Å²) in [5.74, 6) is 1.24. The third-order valence-electron chi connectivity index (χ3n) is 3.13. The minimum absolute atomic E-state index is 0.252. The number of piperidine rings is 1. The molecule has 1 fully saturated rings. The number of hydrogen-bond acceptors (Lipinski definition) is 2. The summed E-state index contributed by atoms with van der Waals surface area (Å²) in [5, 5.41) is 11.7. The maximum atomic E-state index is 11.9. The Morgan fingerprint density at radius 3 is 2.89 bits per heavy atom. The molecule has 1 aliphatic rings. The molecule has 2 atom stereocenters. The van der Waals surface area contributed by atoms with Crippen LogP contribution in [0.4, 0.5) is 4.79 Å². The van der Waals surface area contributed by atoms with E-state index < -0.39 is 11.9 Å². The molecule has 1 aliphatic heterocycles. The number of urea groups is 1. The normalized spacial score (nSPS) is 20.9. The minimum atomic E-state index is -0.838. The molecular formula is C13H20N2O3. The van der Waals surface area contributed by atoms with Crippen molar-refractivity contribution in [2.75, 3.05) is 13.1 Å². The van der Waals surface area contributed by atoms with Gasteiger partial charge in [-0.3, -0.25) is 4.79 Å². The number of carboxylic acids is 1. The van der Waals surface area contributed by atoms with E-state index in [-0.39, 0.29) is 18.6 Å². The van der Waals surface area contributed by atoms with Crippen molar-refractivity contribution < 1.29 is 14.7 Å². The lowest BCUT2D eigenvalue weighted by Gasteiger charge is -2.31. The molecule has 0 spiro atoms. The maximum Gasteiger partial charge on any atom is 0.318 e. The van der Waals surface area contributed by atoms with E-state index in [0.29, 0.717) is 13.0 Å². The average molecular weight is 252 g/mol. The van der Waals surface area contributed by atoms with E-state index in [0.717, 1.165) is 19.3 Å². The molecule has 2 amide bonds. The van der Waals surface area contributed by atoms with Crippen LogP contribution in [0.1, 0.15) is 32.6 Å². The Morgan fingerprint density at radius 2 is 2.33 bits per heavy atom. The fourth-order valence-electron chi connectivity index (χ4n) is 2.09. The van der Waals surface area contributed by atoms with Gasteiger partial charge in [-0.25, -0.2) is 4.79 Å². The molecule has 5 nitrogen and oxygen atoms in total. The number of aliphatic carboxylic acids is 1. The lowest BCUT2D eigenvalue weighted by molar-refractivity contribution is -0.143. The van der Waals surface area contributed by atoms with Gasteiger partial charge in [0.1, 0.15) is 0 Å². The van der Waals surface area contributed by atoms with Crippen LogP contribution in [0.15, 0.2) is 0 Å². The van der Waals surface area contributed by atoms with Crippen LogP contribution < -0.4 is 5.32 Å². The van der Waals surface area contributed by atoms with Crippen LogP contribution in [0.25, 0.3) is 0 Å². The van der Waals surface area contributed by atoms with Crippen LogP contribution in [-0.4, -0.2) is 41.1 Å². The minimum Gasteiger partial charge on any atom is -0.481 e. The van der Waals surface area contributed by atoms with Gasteiger partial charge in [0.25, 0.3) is 0 Å². The highest BCUT2D eigenvalue weighted by atomic mass is 16.4. The zero-order valence-corrected chi connectivity index (χ0v) is 10.7. The number of nitrogens with zero attached hydrogens (tertiary/aromatic N) is 1. The second-order valence-electron chi connectivity index (χ2n) is 4.58. The van der Waals surface area contributed by atoms with Crippen LogP contribution in [0.3, 0.4) is 0 Å². The number of terminal acetylenes is 1. The summed E-state index contributed by atoms with van der Waals surface area (Å²) in [6.07, 6.45) is 8.32. The van der Waals surface area contributed by atoms with Crippen LogP contribution >= 0.6 is 0 Å². The van der Waals surface area contributed by atoms with Gasteiger partial charge >= 0.3 is 12.0 Å². The number of carboxylic acid groups (broad SMARTS) is 1. The van der Waals surface area contributed by atoms with E-state index in [9.17, 15) is 9.59 Å². The number of carbonyl (C=O) groups excluding carboxylic acids is 1. The molecule has 18 heavy (non-hydrogen) atoms. The second-order valence-corrected chi connectivity index (χ2v) is 4.58. The van der Waals surface area contributed by atoms with Gasteiger partial charge < -0.3 is 15.3 Å². The number of hydrogen-bond donors (Lipinski definition) is 2. The van der Waals surface area contributed by atoms with E-state index in [2.05, 4.69) is 11.2 Å². The molecule has 0 aromatic rings. The Bertz CT molecular complexity index is 349. The van der Waals surface area contributed by atoms with Crippen LogP contribution in [0.5, 0.6) is 0 Å². The molecule has 2 N–H and O–H groups in total. The second kappa shape index (κ2) is 6.90. The molecule has 0 bridgehead atoms. The standard InChI is InChI=1S/C13H20N2O3/c1-3-6-11(4-2)14-13(18)15-8-5-7-10(9-15)12(16)17/h2,10-11H,3,5-9H2,1H3,(H,14,18)(H,16,17)/t10-,11?/m1/s1. The predicted octanol–water partition coefficient (Wildman–Crippen LogP) is 1.29. The largest absolute Gasteiger partial charge is 0.481 e. The van der Waals surface area contributed by atoms with Gasteiger partial charge in [0.05, 0.1) is 12.0 Å². The van der Waals surface area contributed by atoms with Crippen molar-refractivity contribution in [2.24, 2.45) is 5.92 Å². The monoisotopic (exact) mass is 252 g/mol. The van der Waals surface area contributed by atoms with Crippen molar-refractivity contribution in [3.05, 3.63) is 0 Å². The summed E-state index contributed by atoms with van der Waals surface area (Å²) in [4.78, 5) is 24.4. The van der Waals surface area contributed by atoms with Gasteiger partial charge in [-0.05, 0) is 19.3 Å². The quantitative estimate of drug-likeness (QED) is 0.741. The fourth-order valence-corrected chi connectivity index (χ4v) is 2.09. The number of nitrogens with one attached hydrogen (secondary N) is 1. The number of carbonyl (C=O) groups is 2. The van der Waals surface area contributed by atoms with Crippen molar-refractivity contribution in [2.45, 2.75) is 38.6 Å². The number of rotatable bonds is 4. The van der Waals surface area contributed by atoms with Gasteiger partial charge in [0, 0.05) is 13.1 Å². The maximum absolute atomic E-state index is 11.9. The van der Waals surface area contributed by atoms with E-state index in [1.54, 1.807) is 4.90 Å². The van der Waals surface area contributed by atoms with Gasteiger partial charge in [0.15, 0.2) is 0 Å². The van der Waals surface area contributed by atoms with Crippen LogP contribution in [0.2, 0.25) is 0 Å². The van der Waals surface area contributed by atoms with E-state index in [4.69, 9.17) is 11.5 Å². The smallest absolute Gasteiger partial charge is 0.318 e.